The summed E-state index contributed by atoms with van der Waals surface area (Å²) in [5.41, 5.74) is 0.320. The van der Waals surface area contributed by atoms with Crippen molar-refractivity contribution in [2.45, 2.75) is 65.9 Å². The molecule has 0 bridgehead atoms. The molecule has 0 amide bonds. The van der Waals surface area contributed by atoms with Gasteiger partial charge in [0.15, 0.2) is 0 Å². The van der Waals surface area contributed by atoms with Crippen molar-refractivity contribution in [1.29, 1.82) is 0 Å². The van der Waals surface area contributed by atoms with Crippen LogP contribution in [0.5, 0.6) is 0 Å². The van der Waals surface area contributed by atoms with E-state index in [2.05, 4.69) is 27.7 Å². The molecule has 2 aliphatic carbocycles. The standard InChI is InChI=1S/C17H32O2/c1-6-13-10-14(16(3,4)11-19-5)17(15(13)18)9-7-8-12(17)2/h12-15,18H,6-11H2,1-5H3. The smallest absolute Gasteiger partial charge is 0.0629 e. The van der Waals surface area contributed by atoms with E-state index in [-0.39, 0.29) is 16.9 Å². The average molecular weight is 268 g/mol. The maximum Gasteiger partial charge on any atom is 0.0629 e. The molecule has 2 nitrogen and oxygen atoms in total. The number of aliphatic hydroxyl groups excluding tert-OH is 1. The predicted octanol–water partition coefficient (Wildman–Crippen LogP) is 3.87. The Balaban J connectivity index is 2.35. The molecule has 0 heterocycles. The van der Waals surface area contributed by atoms with Gasteiger partial charge in [-0.3, -0.25) is 0 Å². The van der Waals surface area contributed by atoms with Crippen LogP contribution in [0.25, 0.3) is 0 Å². The molecule has 0 aromatic carbocycles. The van der Waals surface area contributed by atoms with Crippen LogP contribution in [0, 0.1) is 28.6 Å². The van der Waals surface area contributed by atoms with Crippen LogP contribution in [-0.4, -0.2) is 24.9 Å². The molecule has 0 radical (unpaired) electrons. The van der Waals surface area contributed by atoms with Crippen LogP contribution < -0.4 is 0 Å². The van der Waals surface area contributed by atoms with Crippen molar-refractivity contribution >= 4 is 0 Å². The Labute approximate surface area is 118 Å². The monoisotopic (exact) mass is 268 g/mol. The van der Waals surface area contributed by atoms with Crippen molar-refractivity contribution in [2.24, 2.45) is 28.6 Å². The number of hydrogen-bond donors (Lipinski definition) is 1. The molecule has 1 spiro atoms. The van der Waals surface area contributed by atoms with Gasteiger partial charge < -0.3 is 9.84 Å². The van der Waals surface area contributed by atoms with Gasteiger partial charge >= 0.3 is 0 Å². The molecule has 112 valence electrons. The second kappa shape index (κ2) is 5.37. The fourth-order valence-corrected chi connectivity index (χ4v) is 5.39. The minimum atomic E-state index is -0.101. The minimum absolute atomic E-state index is 0.101. The molecule has 1 N–H and O–H groups in total. The van der Waals surface area contributed by atoms with E-state index in [1.807, 2.05) is 0 Å². The Bertz CT molecular complexity index is 312. The van der Waals surface area contributed by atoms with Gasteiger partial charge in [-0.05, 0) is 36.0 Å². The molecular weight excluding hydrogens is 236 g/mol. The van der Waals surface area contributed by atoms with Gasteiger partial charge in [0.2, 0.25) is 0 Å². The van der Waals surface area contributed by atoms with Gasteiger partial charge in [0, 0.05) is 12.5 Å². The summed E-state index contributed by atoms with van der Waals surface area (Å²) in [5, 5.41) is 11.0. The second-order valence-corrected chi connectivity index (χ2v) is 7.73. The van der Waals surface area contributed by atoms with Crippen molar-refractivity contribution in [2.75, 3.05) is 13.7 Å². The largest absolute Gasteiger partial charge is 0.392 e. The summed E-state index contributed by atoms with van der Waals surface area (Å²) < 4.78 is 5.48. The lowest BCUT2D eigenvalue weighted by Gasteiger charge is -2.46. The summed E-state index contributed by atoms with van der Waals surface area (Å²) >= 11 is 0. The molecule has 19 heavy (non-hydrogen) atoms. The molecule has 2 heteroatoms. The maximum atomic E-state index is 11.0. The summed E-state index contributed by atoms with van der Waals surface area (Å²) in [6.07, 6.45) is 5.97. The molecule has 2 rings (SSSR count). The van der Waals surface area contributed by atoms with E-state index >= 15 is 0 Å². The van der Waals surface area contributed by atoms with Crippen molar-refractivity contribution in [3.63, 3.8) is 0 Å². The van der Waals surface area contributed by atoms with Crippen molar-refractivity contribution in [3.8, 4) is 0 Å². The molecule has 2 fully saturated rings. The van der Waals surface area contributed by atoms with Gasteiger partial charge in [-0.25, -0.2) is 0 Å². The van der Waals surface area contributed by atoms with E-state index in [1.165, 1.54) is 25.7 Å². The number of aliphatic hydroxyl groups is 1. The Morgan fingerprint density at radius 1 is 1.37 bits per heavy atom. The van der Waals surface area contributed by atoms with E-state index in [0.29, 0.717) is 17.8 Å². The van der Waals surface area contributed by atoms with Crippen LogP contribution in [0.4, 0.5) is 0 Å². The van der Waals surface area contributed by atoms with E-state index in [1.54, 1.807) is 7.11 Å². The zero-order valence-corrected chi connectivity index (χ0v) is 13.4. The Kier molecular flexibility index (Phi) is 4.32. The summed E-state index contributed by atoms with van der Waals surface area (Å²) in [6, 6.07) is 0. The molecule has 0 aromatic heterocycles. The predicted molar refractivity (Wildman–Crippen MR) is 79.0 cm³/mol. The fraction of sp³-hybridized carbons (Fsp3) is 1.00. The van der Waals surface area contributed by atoms with Gasteiger partial charge in [-0.15, -0.1) is 0 Å². The van der Waals surface area contributed by atoms with Gasteiger partial charge in [-0.2, -0.15) is 0 Å². The van der Waals surface area contributed by atoms with Crippen LogP contribution in [0.2, 0.25) is 0 Å². The highest BCUT2D eigenvalue weighted by Gasteiger charge is 2.61. The zero-order chi connectivity index (χ0) is 14.3. The Hall–Kier alpha value is -0.0800. The quantitative estimate of drug-likeness (QED) is 0.838. The average Bonchev–Trinajstić information content (AvgIpc) is 2.85. The highest BCUT2D eigenvalue weighted by molar-refractivity contribution is 5.10. The van der Waals surface area contributed by atoms with Crippen LogP contribution in [0.1, 0.15) is 59.8 Å². The molecule has 2 saturated carbocycles. The first kappa shape index (κ1) is 15.3. The van der Waals surface area contributed by atoms with E-state index < -0.39 is 0 Å². The number of ether oxygens (including phenoxy) is 1. The topological polar surface area (TPSA) is 29.5 Å². The molecule has 0 aliphatic heterocycles. The molecular formula is C17H32O2. The summed E-state index contributed by atoms with van der Waals surface area (Å²) in [5.74, 6) is 1.74. The van der Waals surface area contributed by atoms with Crippen molar-refractivity contribution in [1.82, 2.24) is 0 Å². The first-order chi connectivity index (χ1) is 8.90. The summed E-state index contributed by atoms with van der Waals surface area (Å²) in [6.45, 7) is 10.1. The van der Waals surface area contributed by atoms with Crippen molar-refractivity contribution < 1.29 is 9.84 Å². The molecule has 5 unspecified atom stereocenters. The minimum Gasteiger partial charge on any atom is -0.392 e. The lowest BCUT2D eigenvalue weighted by Crippen LogP contribution is -2.46. The Morgan fingerprint density at radius 3 is 2.53 bits per heavy atom. The number of hydrogen-bond acceptors (Lipinski definition) is 2. The van der Waals surface area contributed by atoms with E-state index in [4.69, 9.17) is 4.74 Å². The van der Waals surface area contributed by atoms with E-state index in [0.717, 1.165) is 13.0 Å². The van der Waals surface area contributed by atoms with E-state index in [9.17, 15) is 5.11 Å². The van der Waals surface area contributed by atoms with Crippen molar-refractivity contribution in [3.05, 3.63) is 0 Å². The zero-order valence-electron chi connectivity index (χ0n) is 13.4. The Morgan fingerprint density at radius 2 is 2.05 bits per heavy atom. The lowest BCUT2D eigenvalue weighted by molar-refractivity contribution is -0.0663. The SMILES string of the molecule is CCC1CC(C(C)(C)COC)C2(CCCC2C)C1O. The second-order valence-electron chi connectivity index (χ2n) is 7.73. The lowest BCUT2D eigenvalue weighted by atomic mass is 9.60. The summed E-state index contributed by atoms with van der Waals surface area (Å²) in [4.78, 5) is 0. The third kappa shape index (κ3) is 2.25. The fourth-order valence-electron chi connectivity index (χ4n) is 5.39. The highest BCUT2D eigenvalue weighted by Crippen LogP contribution is 2.64. The molecule has 2 aliphatic rings. The van der Waals surface area contributed by atoms with Gasteiger partial charge in [0.05, 0.1) is 12.7 Å². The number of rotatable bonds is 4. The van der Waals surface area contributed by atoms with Crippen LogP contribution >= 0.6 is 0 Å². The summed E-state index contributed by atoms with van der Waals surface area (Å²) in [7, 11) is 1.80. The molecule has 0 saturated heterocycles. The third-order valence-corrected chi connectivity index (χ3v) is 6.33. The molecule has 5 atom stereocenters. The van der Waals surface area contributed by atoms with Gasteiger partial charge in [0.25, 0.3) is 0 Å². The third-order valence-electron chi connectivity index (χ3n) is 6.33. The van der Waals surface area contributed by atoms with Crippen LogP contribution in [0.3, 0.4) is 0 Å². The van der Waals surface area contributed by atoms with Gasteiger partial charge in [0.1, 0.15) is 0 Å². The highest BCUT2D eigenvalue weighted by atomic mass is 16.5. The normalized spacial score (nSPS) is 43.3. The molecule has 0 aromatic rings. The number of methoxy groups -OCH3 is 1. The van der Waals surface area contributed by atoms with Crippen LogP contribution in [-0.2, 0) is 4.74 Å². The maximum absolute atomic E-state index is 11.0. The van der Waals surface area contributed by atoms with Crippen LogP contribution in [0.15, 0.2) is 0 Å². The first-order valence-electron chi connectivity index (χ1n) is 8.07. The van der Waals surface area contributed by atoms with Gasteiger partial charge in [-0.1, -0.05) is 47.0 Å². The first-order valence-corrected chi connectivity index (χ1v) is 8.07.